The maximum atomic E-state index is 11.2. The van der Waals surface area contributed by atoms with E-state index in [0.29, 0.717) is 13.1 Å². The molecule has 6 heteroatoms. The summed E-state index contributed by atoms with van der Waals surface area (Å²) in [6, 6.07) is -0.667. The number of rotatable bonds is 6. The van der Waals surface area contributed by atoms with Gasteiger partial charge in [-0.15, -0.1) is 0 Å². The van der Waals surface area contributed by atoms with Gasteiger partial charge in [-0.25, -0.2) is 4.79 Å². The number of carbonyl (C=O) groups excluding carboxylic acids is 2. The van der Waals surface area contributed by atoms with Gasteiger partial charge in [0.15, 0.2) is 0 Å². The third-order valence-corrected chi connectivity index (χ3v) is 1.81. The van der Waals surface area contributed by atoms with Crippen molar-refractivity contribution in [3.8, 4) is 0 Å². The Hall–Kier alpha value is -0.880. The van der Waals surface area contributed by atoms with E-state index in [9.17, 15) is 9.59 Å². The van der Waals surface area contributed by atoms with Crippen LogP contribution in [0.5, 0.6) is 0 Å². The summed E-state index contributed by atoms with van der Waals surface area (Å²) in [5, 5.41) is 5.43. The first-order valence-corrected chi connectivity index (χ1v) is 5.15. The van der Waals surface area contributed by atoms with Gasteiger partial charge in [0, 0.05) is 24.5 Å². The molecule has 0 aliphatic rings. The molecule has 0 fully saturated rings. The summed E-state index contributed by atoms with van der Waals surface area (Å²) in [4.78, 5) is 22.0. The highest BCUT2D eigenvalue weighted by molar-refractivity contribution is 9.11. The van der Waals surface area contributed by atoms with Crippen LogP contribution in [0.15, 0.2) is 11.1 Å². The molecule has 0 aliphatic carbocycles. The average molecular weight is 279 g/mol. The smallest absolute Gasteiger partial charge is 0.329 e. The molecule has 0 bridgehead atoms. The summed E-state index contributed by atoms with van der Waals surface area (Å²) in [5.41, 5.74) is 0. The average Bonchev–Trinajstić information content (AvgIpc) is 2.14. The van der Waals surface area contributed by atoms with Crippen molar-refractivity contribution in [1.82, 2.24) is 10.6 Å². The van der Waals surface area contributed by atoms with E-state index < -0.39 is 12.0 Å². The van der Waals surface area contributed by atoms with Crippen LogP contribution in [-0.2, 0) is 14.3 Å². The molecular formula is C9H15BrN2O3. The second-order valence-electron chi connectivity index (χ2n) is 2.92. The molecule has 0 aromatic rings. The molecule has 5 nitrogen and oxygen atoms in total. The SMILES string of the molecule is C=C(Br)CNCC(NC(C)=O)C(=O)OC. The van der Waals surface area contributed by atoms with Crippen LogP contribution in [0.4, 0.5) is 0 Å². The normalized spacial score (nSPS) is 11.7. The standard InChI is InChI=1S/C9H15BrN2O3/c1-6(10)4-11-5-8(9(14)15-3)12-7(2)13/h8,11H,1,4-5H2,2-3H3,(H,12,13). The molecule has 0 spiro atoms. The van der Waals surface area contributed by atoms with Gasteiger partial charge in [0.2, 0.25) is 5.91 Å². The molecule has 0 heterocycles. The number of nitrogens with one attached hydrogen (secondary N) is 2. The van der Waals surface area contributed by atoms with Crippen LogP contribution in [-0.4, -0.2) is 38.1 Å². The van der Waals surface area contributed by atoms with Gasteiger partial charge in [-0.2, -0.15) is 0 Å². The Morgan fingerprint density at radius 3 is 2.53 bits per heavy atom. The Kier molecular flexibility index (Phi) is 6.98. The van der Waals surface area contributed by atoms with Crippen LogP contribution in [0.3, 0.4) is 0 Å². The first-order chi connectivity index (χ1) is 6.97. The summed E-state index contributed by atoms with van der Waals surface area (Å²) in [7, 11) is 1.28. The second kappa shape index (κ2) is 7.42. The van der Waals surface area contributed by atoms with Crippen LogP contribution >= 0.6 is 15.9 Å². The van der Waals surface area contributed by atoms with Crippen LogP contribution < -0.4 is 10.6 Å². The number of carbonyl (C=O) groups is 2. The molecule has 0 aromatic carbocycles. The van der Waals surface area contributed by atoms with E-state index in [2.05, 4.69) is 37.9 Å². The fraction of sp³-hybridized carbons (Fsp3) is 0.556. The molecule has 0 rings (SSSR count). The number of hydrogen-bond donors (Lipinski definition) is 2. The van der Waals surface area contributed by atoms with E-state index in [4.69, 9.17) is 0 Å². The van der Waals surface area contributed by atoms with Gasteiger partial charge in [-0.05, 0) is 0 Å². The fourth-order valence-corrected chi connectivity index (χ4v) is 1.13. The van der Waals surface area contributed by atoms with E-state index >= 15 is 0 Å². The summed E-state index contributed by atoms with van der Waals surface area (Å²) in [6.45, 7) is 5.80. The van der Waals surface area contributed by atoms with Crippen molar-refractivity contribution >= 4 is 27.8 Å². The first kappa shape index (κ1) is 14.1. The zero-order valence-corrected chi connectivity index (χ0v) is 10.4. The van der Waals surface area contributed by atoms with Crippen molar-refractivity contribution in [1.29, 1.82) is 0 Å². The minimum absolute atomic E-state index is 0.273. The fourth-order valence-electron chi connectivity index (χ4n) is 0.933. The maximum Gasteiger partial charge on any atom is 0.329 e. The number of esters is 1. The van der Waals surface area contributed by atoms with Gasteiger partial charge >= 0.3 is 5.97 Å². The minimum Gasteiger partial charge on any atom is -0.467 e. The first-order valence-electron chi connectivity index (χ1n) is 4.36. The van der Waals surface area contributed by atoms with Crippen LogP contribution in [0, 0.1) is 0 Å². The van der Waals surface area contributed by atoms with Crippen molar-refractivity contribution in [3.63, 3.8) is 0 Å². The molecule has 0 saturated carbocycles. The molecule has 0 aromatic heterocycles. The van der Waals surface area contributed by atoms with E-state index in [-0.39, 0.29) is 5.91 Å². The summed E-state index contributed by atoms with van der Waals surface area (Å²) < 4.78 is 5.32. The van der Waals surface area contributed by atoms with Crippen molar-refractivity contribution in [2.75, 3.05) is 20.2 Å². The summed E-state index contributed by atoms with van der Waals surface area (Å²) >= 11 is 3.17. The molecule has 1 unspecified atom stereocenters. The van der Waals surface area contributed by atoms with Gasteiger partial charge < -0.3 is 15.4 Å². The van der Waals surface area contributed by atoms with E-state index in [1.807, 2.05) is 0 Å². The molecule has 15 heavy (non-hydrogen) atoms. The van der Waals surface area contributed by atoms with E-state index in [1.165, 1.54) is 14.0 Å². The molecule has 0 radical (unpaired) electrons. The Labute approximate surface area is 97.4 Å². The molecular weight excluding hydrogens is 264 g/mol. The summed E-state index contributed by atoms with van der Waals surface area (Å²) in [6.07, 6.45) is 0. The van der Waals surface area contributed by atoms with Gasteiger partial charge in [-0.1, -0.05) is 22.5 Å². The molecule has 2 N–H and O–H groups in total. The van der Waals surface area contributed by atoms with Crippen molar-refractivity contribution < 1.29 is 14.3 Å². The quantitative estimate of drug-likeness (QED) is 0.680. The molecule has 86 valence electrons. The molecule has 0 aliphatic heterocycles. The zero-order chi connectivity index (χ0) is 11.8. The van der Waals surface area contributed by atoms with E-state index in [0.717, 1.165) is 4.48 Å². The van der Waals surface area contributed by atoms with Gasteiger partial charge in [0.1, 0.15) is 6.04 Å². The van der Waals surface area contributed by atoms with Crippen LogP contribution in [0.25, 0.3) is 0 Å². The number of halogens is 1. The van der Waals surface area contributed by atoms with Crippen molar-refractivity contribution in [2.24, 2.45) is 0 Å². The van der Waals surface area contributed by atoms with Gasteiger partial charge in [0.05, 0.1) is 7.11 Å². The third-order valence-electron chi connectivity index (χ3n) is 1.53. The van der Waals surface area contributed by atoms with Crippen molar-refractivity contribution in [3.05, 3.63) is 11.1 Å². The number of methoxy groups -OCH3 is 1. The highest BCUT2D eigenvalue weighted by Crippen LogP contribution is 1.97. The van der Waals surface area contributed by atoms with E-state index in [1.54, 1.807) is 0 Å². The van der Waals surface area contributed by atoms with Gasteiger partial charge in [0.25, 0.3) is 0 Å². The highest BCUT2D eigenvalue weighted by Gasteiger charge is 2.19. The Balaban J connectivity index is 4.07. The number of amides is 1. The molecule has 1 atom stereocenters. The lowest BCUT2D eigenvalue weighted by Gasteiger charge is -2.15. The summed E-state index contributed by atoms with van der Waals surface area (Å²) in [5.74, 6) is -0.747. The Bertz CT molecular complexity index is 256. The minimum atomic E-state index is -0.667. The van der Waals surface area contributed by atoms with Gasteiger partial charge in [-0.3, -0.25) is 4.79 Å². The second-order valence-corrected chi connectivity index (χ2v) is 4.05. The lowest BCUT2D eigenvalue weighted by atomic mass is 10.3. The van der Waals surface area contributed by atoms with Crippen molar-refractivity contribution in [2.45, 2.75) is 13.0 Å². The Morgan fingerprint density at radius 1 is 1.53 bits per heavy atom. The van der Waals surface area contributed by atoms with Crippen LogP contribution in [0.1, 0.15) is 6.92 Å². The highest BCUT2D eigenvalue weighted by atomic mass is 79.9. The predicted molar refractivity (Wildman–Crippen MR) is 60.6 cm³/mol. The molecule has 1 amide bonds. The Morgan fingerprint density at radius 2 is 2.13 bits per heavy atom. The lowest BCUT2D eigenvalue weighted by molar-refractivity contribution is -0.144. The number of ether oxygens (including phenoxy) is 1. The predicted octanol–water partition coefficient (Wildman–Crippen LogP) is 0.162. The zero-order valence-electron chi connectivity index (χ0n) is 8.80. The third kappa shape index (κ3) is 7.10. The lowest BCUT2D eigenvalue weighted by Crippen LogP contribution is -2.47. The topological polar surface area (TPSA) is 67.4 Å². The maximum absolute atomic E-state index is 11.2. The monoisotopic (exact) mass is 278 g/mol. The van der Waals surface area contributed by atoms with Crippen LogP contribution in [0.2, 0.25) is 0 Å². The molecule has 0 saturated heterocycles. The largest absolute Gasteiger partial charge is 0.467 e. The number of hydrogen-bond acceptors (Lipinski definition) is 4.